The van der Waals surface area contributed by atoms with Crippen LogP contribution < -0.4 is 19.8 Å². The number of hydrogen-bond acceptors (Lipinski definition) is 16. The molecular weight excluding hydrogens is 919 g/mol. The van der Waals surface area contributed by atoms with Crippen LogP contribution in [0.4, 0.5) is 0 Å². The molecule has 0 radical (unpaired) electrons. The lowest BCUT2D eigenvalue weighted by atomic mass is 9.79. The van der Waals surface area contributed by atoms with Crippen LogP contribution in [0.25, 0.3) is 0 Å². The van der Waals surface area contributed by atoms with E-state index < -0.39 is 98.7 Å². The van der Waals surface area contributed by atoms with Crippen LogP contribution in [-0.4, -0.2) is 99.7 Å². The molecule has 1 spiro atoms. The van der Waals surface area contributed by atoms with E-state index in [1.807, 2.05) is 26.9 Å². The molecule has 0 aliphatic carbocycles. The van der Waals surface area contributed by atoms with Gasteiger partial charge in [0.2, 0.25) is 18.7 Å². The average Bonchev–Trinajstić information content (AvgIpc) is 3.54. The zero-order valence-electron chi connectivity index (χ0n) is 38.1. The maximum Gasteiger partial charge on any atom is 0.340 e. The summed E-state index contributed by atoms with van der Waals surface area (Å²) in [5.74, 6) is -4.09. The minimum absolute atomic E-state index is 0.0673. The summed E-state index contributed by atoms with van der Waals surface area (Å²) in [6.07, 6.45) is -8.68. The maximum absolute atomic E-state index is 13.9. The third-order valence-corrected chi connectivity index (χ3v) is 17.2. The highest BCUT2D eigenvalue weighted by molar-refractivity contribution is 7.03. The molecule has 3 aromatic rings. The molecule has 4 aliphatic rings. The van der Waals surface area contributed by atoms with Crippen LogP contribution in [0.3, 0.4) is 0 Å². The van der Waals surface area contributed by atoms with Gasteiger partial charge in [-0.1, -0.05) is 87.4 Å². The van der Waals surface area contributed by atoms with Gasteiger partial charge in [0.1, 0.15) is 32.3 Å². The molecule has 0 amide bonds. The van der Waals surface area contributed by atoms with E-state index >= 15 is 0 Å². The SMILES string of the molecule is CC[C@H]1O[C@@H](Oc2ccc3c(c2Cl)[Si](C)(C)c2c(ccc(O[C@@H]4O[C@H](COC(C)=O)[C@H](C)[C@H](C)[C@H]4OC(C)=O)c2Cl)C32OC(=O)c3ccccc32)[C@H](OC(C)=O)[C@@H](OC(C)=O)[C@H]1OC(C)=O. The van der Waals surface area contributed by atoms with Crippen LogP contribution >= 0.6 is 23.2 Å². The standard InChI is InChI=1S/C47H52Cl2O16Si/c1-11-32-39(58-25(6)52)40(59-26(7)53)41(60-27(8)54)46(61-32)63-34-19-17-31-43(37(34)49)66(9,10)42-30(47(31)29-15-13-12-14-28(29)44(55)65-47)16-18-33(36(42)48)62-45-38(57-24(5)51)22(3)21(2)35(64-45)20-56-23(4)50/h12-19,21-22,32,35,38-41,45-46H,11,20H2,1-10H3/t21-,22+,32-,35-,38-,39+,40+,41-,45-,46+,47?/m1/s1. The van der Waals surface area contributed by atoms with Gasteiger partial charge >= 0.3 is 35.8 Å². The Balaban J connectivity index is 1.37. The van der Waals surface area contributed by atoms with Gasteiger partial charge in [0.05, 0.1) is 21.7 Å². The van der Waals surface area contributed by atoms with E-state index in [2.05, 4.69) is 0 Å². The predicted octanol–water partition coefficient (Wildman–Crippen LogP) is 5.77. The van der Waals surface area contributed by atoms with Crippen molar-refractivity contribution >= 4 is 77.5 Å². The van der Waals surface area contributed by atoms with Gasteiger partial charge in [0.15, 0.2) is 23.9 Å². The van der Waals surface area contributed by atoms with Crippen molar-refractivity contribution in [2.75, 3.05) is 6.61 Å². The Bertz CT molecular complexity index is 2460. The topological polar surface area (TPSA) is 195 Å². The van der Waals surface area contributed by atoms with Crippen molar-refractivity contribution in [1.82, 2.24) is 0 Å². The summed E-state index contributed by atoms with van der Waals surface area (Å²) in [4.78, 5) is 75.5. The molecule has 66 heavy (non-hydrogen) atoms. The number of esters is 6. The zero-order valence-corrected chi connectivity index (χ0v) is 40.6. The van der Waals surface area contributed by atoms with Gasteiger partial charge in [-0.25, -0.2) is 4.79 Å². The van der Waals surface area contributed by atoms with Gasteiger partial charge in [0, 0.05) is 57.2 Å². The number of hydrogen-bond donors (Lipinski definition) is 0. The first-order valence-electron chi connectivity index (χ1n) is 21.6. The van der Waals surface area contributed by atoms with E-state index in [0.717, 1.165) is 6.92 Å². The molecule has 0 N–H and O–H groups in total. The van der Waals surface area contributed by atoms with Crippen molar-refractivity contribution in [3.05, 3.63) is 80.8 Å². The minimum atomic E-state index is -3.24. The van der Waals surface area contributed by atoms with Crippen molar-refractivity contribution < 1.29 is 76.1 Å². The van der Waals surface area contributed by atoms with Gasteiger partial charge in [-0.15, -0.1) is 0 Å². The first kappa shape index (κ1) is 48.7. The number of carbonyl (C=O) groups excluding carboxylic acids is 6. The summed E-state index contributed by atoms with van der Waals surface area (Å²) in [5, 5.41) is 1.41. The number of ether oxygens (including phenoxy) is 10. The summed E-state index contributed by atoms with van der Waals surface area (Å²) in [6.45, 7) is 15.6. The van der Waals surface area contributed by atoms with Gasteiger partial charge in [-0.2, -0.15) is 0 Å². The number of carbonyl (C=O) groups is 6. The molecule has 16 nitrogen and oxygen atoms in total. The van der Waals surface area contributed by atoms with Gasteiger partial charge in [-0.3, -0.25) is 24.0 Å². The third-order valence-electron chi connectivity index (χ3n) is 12.6. The molecule has 11 atom stereocenters. The molecule has 3 aromatic carbocycles. The van der Waals surface area contributed by atoms with Gasteiger partial charge in [-0.05, 0) is 40.9 Å². The molecule has 0 aromatic heterocycles. The van der Waals surface area contributed by atoms with Crippen molar-refractivity contribution in [3.63, 3.8) is 0 Å². The van der Waals surface area contributed by atoms with Crippen LogP contribution in [0.1, 0.15) is 88.9 Å². The Morgan fingerprint density at radius 3 is 1.64 bits per heavy atom. The first-order valence-corrected chi connectivity index (χ1v) is 25.3. The number of rotatable bonds is 11. The van der Waals surface area contributed by atoms with Crippen molar-refractivity contribution in [2.45, 2.75) is 130 Å². The molecule has 0 bridgehead atoms. The molecule has 4 heterocycles. The predicted molar refractivity (Wildman–Crippen MR) is 237 cm³/mol. The highest BCUT2D eigenvalue weighted by Crippen LogP contribution is 2.52. The molecule has 0 saturated carbocycles. The van der Waals surface area contributed by atoms with E-state index in [-0.39, 0.29) is 46.4 Å². The molecule has 2 fully saturated rings. The fourth-order valence-corrected chi connectivity index (χ4v) is 14.9. The van der Waals surface area contributed by atoms with Crippen LogP contribution in [0.15, 0.2) is 48.5 Å². The van der Waals surface area contributed by atoms with E-state index in [9.17, 15) is 28.8 Å². The fourth-order valence-electron chi connectivity index (χ4n) is 9.62. The fraction of sp³-hybridized carbons (Fsp3) is 0.489. The summed E-state index contributed by atoms with van der Waals surface area (Å²) < 4.78 is 60.4. The van der Waals surface area contributed by atoms with E-state index in [4.69, 9.17) is 70.6 Å². The lowest BCUT2D eigenvalue weighted by molar-refractivity contribution is -0.283. The number of fused-ring (bicyclic) bond motifs is 6. The zero-order chi connectivity index (χ0) is 48.2. The molecule has 354 valence electrons. The summed E-state index contributed by atoms with van der Waals surface area (Å²) in [6, 6.07) is 13.8. The summed E-state index contributed by atoms with van der Waals surface area (Å²) in [7, 11) is -3.24. The second kappa shape index (κ2) is 18.8. The van der Waals surface area contributed by atoms with Crippen LogP contribution in [0, 0.1) is 11.8 Å². The molecular formula is C47H52Cl2O16Si. The molecule has 7 rings (SSSR count). The highest BCUT2D eigenvalue weighted by atomic mass is 35.5. The molecule has 1 unspecified atom stereocenters. The van der Waals surface area contributed by atoms with E-state index in [1.54, 1.807) is 55.5 Å². The Labute approximate surface area is 392 Å². The quantitative estimate of drug-likeness (QED) is 0.128. The Kier molecular flexibility index (Phi) is 13.9. The maximum atomic E-state index is 13.9. The van der Waals surface area contributed by atoms with Crippen molar-refractivity contribution in [2.24, 2.45) is 11.8 Å². The van der Waals surface area contributed by atoms with Crippen LogP contribution in [0.5, 0.6) is 11.5 Å². The Morgan fingerprint density at radius 1 is 0.621 bits per heavy atom. The van der Waals surface area contributed by atoms with Gasteiger partial charge in [0.25, 0.3) is 0 Å². The second-order valence-corrected chi connectivity index (χ2v) is 22.4. The second-order valence-electron chi connectivity index (χ2n) is 17.4. The minimum Gasteiger partial charge on any atom is -0.463 e. The molecule has 4 aliphatic heterocycles. The Morgan fingerprint density at radius 2 is 1.11 bits per heavy atom. The smallest absolute Gasteiger partial charge is 0.340 e. The lowest BCUT2D eigenvalue weighted by Gasteiger charge is -2.46. The lowest BCUT2D eigenvalue weighted by Crippen LogP contribution is -2.64. The third kappa shape index (κ3) is 8.75. The first-order chi connectivity index (χ1) is 31.1. The average molecular weight is 972 g/mol. The highest BCUT2D eigenvalue weighted by Gasteiger charge is 2.59. The number of halogens is 2. The van der Waals surface area contributed by atoms with E-state index in [0.29, 0.717) is 32.6 Å². The Hall–Kier alpha value is -5.20. The molecule has 2 saturated heterocycles. The summed E-state index contributed by atoms with van der Waals surface area (Å²) in [5.41, 5.74) is 0.414. The number of benzene rings is 3. The van der Waals surface area contributed by atoms with Crippen molar-refractivity contribution in [3.8, 4) is 11.5 Å². The van der Waals surface area contributed by atoms with Crippen molar-refractivity contribution in [1.29, 1.82) is 0 Å². The largest absolute Gasteiger partial charge is 0.463 e. The molecule has 19 heteroatoms. The normalized spacial score (nSPS) is 29.2. The summed E-state index contributed by atoms with van der Waals surface area (Å²) >= 11 is 15.1. The van der Waals surface area contributed by atoms with Crippen LogP contribution in [0.2, 0.25) is 23.1 Å². The van der Waals surface area contributed by atoms with Gasteiger partial charge < -0.3 is 47.4 Å². The monoisotopic (exact) mass is 970 g/mol. The van der Waals surface area contributed by atoms with Crippen LogP contribution in [-0.2, 0) is 67.5 Å². The van der Waals surface area contributed by atoms with E-state index in [1.165, 1.54) is 27.7 Å².